The van der Waals surface area contributed by atoms with E-state index >= 15 is 0 Å². The number of nitrogens with one attached hydrogen (secondary N) is 1. The first-order valence-electron chi connectivity index (χ1n) is 6.76. The predicted octanol–water partition coefficient (Wildman–Crippen LogP) is 2.21. The number of rotatable bonds is 6. The highest BCUT2D eigenvalue weighted by Crippen LogP contribution is 2.24. The number of carbonyl (C=O) groups excluding carboxylic acids is 1. The molecule has 1 amide bonds. The van der Waals surface area contributed by atoms with E-state index in [2.05, 4.69) is 24.9 Å². The third-order valence-corrected chi connectivity index (χ3v) is 2.95. The monoisotopic (exact) mass is 267 g/mol. The number of carbonyl (C=O) groups is 1. The summed E-state index contributed by atoms with van der Waals surface area (Å²) in [6.45, 7) is 11.7. The fourth-order valence-corrected chi connectivity index (χ4v) is 2.31. The number of hydrogen-bond donors (Lipinski definition) is 1. The van der Waals surface area contributed by atoms with Crippen molar-refractivity contribution in [2.24, 2.45) is 0 Å². The van der Waals surface area contributed by atoms with E-state index in [0.29, 0.717) is 6.61 Å². The molecule has 0 unspecified atom stereocenters. The maximum atomic E-state index is 11.4. The van der Waals surface area contributed by atoms with Crippen LogP contribution in [-0.2, 0) is 14.3 Å². The van der Waals surface area contributed by atoms with E-state index in [1.807, 2.05) is 13.8 Å². The van der Waals surface area contributed by atoms with Gasteiger partial charge >= 0.3 is 0 Å². The standard InChI is InChI=1S/C15H25NO3/c1-6-7-18-13-8-11(4)9-14(19-10(2)3)15(13)16-12(5)17/h6,9-10,13-15H,1,7-8H2,2-5H3,(H,16,17)/t13-,14-,15-/m1/s1. The van der Waals surface area contributed by atoms with Crippen LogP contribution in [0.4, 0.5) is 0 Å². The van der Waals surface area contributed by atoms with Crippen molar-refractivity contribution in [1.82, 2.24) is 5.32 Å². The summed E-state index contributed by atoms with van der Waals surface area (Å²) in [6.07, 6.45) is 4.48. The minimum Gasteiger partial charge on any atom is -0.372 e. The van der Waals surface area contributed by atoms with Gasteiger partial charge in [-0.3, -0.25) is 4.79 Å². The Bertz CT molecular complexity index is 349. The Morgan fingerprint density at radius 2 is 2.32 bits per heavy atom. The SMILES string of the molecule is C=CCO[C@@H]1CC(C)=C[C@@H](OC(C)C)[C@@H]1NC(C)=O. The van der Waals surface area contributed by atoms with Crippen molar-refractivity contribution in [2.75, 3.05) is 6.61 Å². The zero-order chi connectivity index (χ0) is 14.4. The molecule has 0 aromatic rings. The quantitative estimate of drug-likeness (QED) is 0.751. The molecule has 19 heavy (non-hydrogen) atoms. The van der Waals surface area contributed by atoms with Crippen LogP contribution >= 0.6 is 0 Å². The molecule has 1 aliphatic carbocycles. The Labute approximate surface area is 115 Å². The molecule has 0 saturated carbocycles. The van der Waals surface area contributed by atoms with Crippen LogP contribution in [0, 0.1) is 0 Å². The summed E-state index contributed by atoms with van der Waals surface area (Å²) in [7, 11) is 0. The molecule has 108 valence electrons. The average molecular weight is 267 g/mol. The van der Waals surface area contributed by atoms with Gasteiger partial charge in [-0.15, -0.1) is 6.58 Å². The second kappa shape index (κ2) is 7.46. The number of hydrogen-bond acceptors (Lipinski definition) is 3. The summed E-state index contributed by atoms with van der Waals surface area (Å²) >= 11 is 0. The van der Waals surface area contributed by atoms with Crippen LogP contribution in [0.3, 0.4) is 0 Å². The van der Waals surface area contributed by atoms with Crippen LogP contribution in [0.5, 0.6) is 0 Å². The first-order valence-corrected chi connectivity index (χ1v) is 6.76. The molecule has 0 aliphatic heterocycles. The maximum absolute atomic E-state index is 11.4. The zero-order valence-electron chi connectivity index (χ0n) is 12.3. The highest BCUT2D eigenvalue weighted by Gasteiger charge is 2.34. The second-order valence-electron chi connectivity index (χ2n) is 5.25. The lowest BCUT2D eigenvalue weighted by atomic mass is 9.90. The van der Waals surface area contributed by atoms with Crippen LogP contribution < -0.4 is 5.32 Å². The summed E-state index contributed by atoms with van der Waals surface area (Å²) in [6, 6.07) is -0.149. The molecule has 4 nitrogen and oxygen atoms in total. The van der Waals surface area contributed by atoms with E-state index in [1.165, 1.54) is 12.5 Å². The van der Waals surface area contributed by atoms with E-state index in [0.717, 1.165) is 6.42 Å². The summed E-state index contributed by atoms with van der Waals surface area (Å²) in [5.74, 6) is -0.0671. The van der Waals surface area contributed by atoms with Crippen molar-refractivity contribution in [3.05, 3.63) is 24.3 Å². The highest BCUT2D eigenvalue weighted by atomic mass is 16.5. The van der Waals surface area contributed by atoms with Crippen LogP contribution in [0.2, 0.25) is 0 Å². The van der Waals surface area contributed by atoms with Crippen molar-refractivity contribution >= 4 is 5.91 Å². The molecular weight excluding hydrogens is 242 g/mol. The molecular formula is C15H25NO3. The normalized spacial score (nSPS) is 27.0. The van der Waals surface area contributed by atoms with Crippen LogP contribution in [0.15, 0.2) is 24.3 Å². The number of amides is 1. The van der Waals surface area contributed by atoms with Crippen molar-refractivity contribution in [3.8, 4) is 0 Å². The van der Waals surface area contributed by atoms with Gasteiger partial charge in [0.25, 0.3) is 0 Å². The lowest BCUT2D eigenvalue weighted by molar-refractivity contribution is -0.123. The Balaban J connectivity index is 2.86. The summed E-state index contributed by atoms with van der Waals surface area (Å²) < 4.78 is 11.7. The van der Waals surface area contributed by atoms with Crippen molar-refractivity contribution in [3.63, 3.8) is 0 Å². The Hall–Kier alpha value is -1.13. The third kappa shape index (κ3) is 5.17. The highest BCUT2D eigenvalue weighted by molar-refractivity contribution is 5.73. The van der Waals surface area contributed by atoms with E-state index < -0.39 is 0 Å². The molecule has 0 bridgehead atoms. The molecule has 1 rings (SSSR count). The van der Waals surface area contributed by atoms with Crippen molar-refractivity contribution < 1.29 is 14.3 Å². The van der Waals surface area contributed by atoms with Gasteiger partial charge in [0.05, 0.1) is 31.0 Å². The van der Waals surface area contributed by atoms with E-state index in [1.54, 1.807) is 6.08 Å². The molecule has 0 aromatic heterocycles. The summed E-state index contributed by atoms with van der Waals surface area (Å²) in [5, 5.41) is 2.95. The van der Waals surface area contributed by atoms with Crippen LogP contribution in [0.1, 0.15) is 34.1 Å². The lowest BCUT2D eigenvalue weighted by Crippen LogP contribution is -2.54. The Morgan fingerprint density at radius 1 is 1.63 bits per heavy atom. The topological polar surface area (TPSA) is 47.6 Å². The van der Waals surface area contributed by atoms with Gasteiger partial charge in [0, 0.05) is 6.92 Å². The lowest BCUT2D eigenvalue weighted by Gasteiger charge is -2.37. The molecule has 0 fully saturated rings. The van der Waals surface area contributed by atoms with Gasteiger partial charge in [-0.05, 0) is 27.2 Å². The summed E-state index contributed by atoms with van der Waals surface area (Å²) in [5.41, 5.74) is 1.22. The first-order chi connectivity index (χ1) is 8.93. The zero-order valence-corrected chi connectivity index (χ0v) is 12.3. The molecule has 0 aromatic carbocycles. The second-order valence-corrected chi connectivity index (χ2v) is 5.25. The molecule has 0 heterocycles. The smallest absolute Gasteiger partial charge is 0.217 e. The predicted molar refractivity (Wildman–Crippen MR) is 75.9 cm³/mol. The molecule has 0 spiro atoms. The first kappa shape index (κ1) is 15.9. The van der Waals surface area contributed by atoms with Gasteiger partial charge in [-0.2, -0.15) is 0 Å². The van der Waals surface area contributed by atoms with E-state index in [9.17, 15) is 4.79 Å². The molecule has 1 N–H and O–H groups in total. The third-order valence-electron chi connectivity index (χ3n) is 2.95. The minimum atomic E-state index is -0.149. The van der Waals surface area contributed by atoms with Gasteiger partial charge in [0.15, 0.2) is 0 Å². The largest absolute Gasteiger partial charge is 0.372 e. The van der Waals surface area contributed by atoms with Crippen molar-refractivity contribution in [2.45, 2.75) is 58.5 Å². The van der Waals surface area contributed by atoms with Gasteiger partial charge in [-0.25, -0.2) is 0 Å². The van der Waals surface area contributed by atoms with Crippen LogP contribution in [-0.4, -0.2) is 36.9 Å². The molecule has 4 heteroatoms. The molecule has 0 saturated heterocycles. The minimum absolute atomic E-state index is 0.0671. The fourth-order valence-electron chi connectivity index (χ4n) is 2.31. The molecule has 1 aliphatic rings. The average Bonchev–Trinajstić information content (AvgIpc) is 2.29. The van der Waals surface area contributed by atoms with E-state index in [4.69, 9.17) is 9.47 Å². The van der Waals surface area contributed by atoms with Gasteiger partial charge < -0.3 is 14.8 Å². The van der Waals surface area contributed by atoms with E-state index in [-0.39, 0.29) is 30.3 Å². The Morgan fingerprint density at radius 3 is 2.84 bits per heavy atom. The van der Waals surface area contributed by atoms with Gasteiger partial charge in [0.1, 0.15) is 0 Å². The number of ether oxygens (including phenoxy) is 2. The Kier molecular flexibility index (Phi) is 6.25. The van der Waals surface area contributed by atoms with Crippen molar-refractivity contribution in [1.29, 1.82) is 0 Å². The van der Waals surface area contributed by atoms with Gasteiger partial charge in [0.2, 0.25) is 5.91 Å². The maximum Gasteiger partial charge on any atom is 0.217 e. The molecule has 0 radical (unpaired) electrons. The fraction of sp³-hybridized carbons (Fsp3) is 0.667. The molecule has 3 atom stereocenters. The van der Waals surface area contributed by atoms with Crippen LogP contribution in [0.25, 0.3) is 0 Å². The van der Waals surface area contributed by atoms with Gasteiger partial charge in [-0.1, -0.05) is 17.7 Å². The summed E-state index contributed by atoms with van der Waals surface area (Å²) in [4.78, 5) is 11.4.